The van der Waals surface area contributed by atoms with E-state index in [0.29, 0.717) is 5.56 Å². The van der Waals surface area contributed by atoms with Crippen LogP contribution in [0.4, 0.5) is 5.69 Å². The normalized spacial score (nSPS) is 23.5. The highest BCUT2D eigenvalue weighted by Gasteiger charge is 2.26. The Labute approximate surface area is 114 Å². The first-order chi connectivity index (χ1) is 8.90. The van der Waals surface area contributed by atoms with Crippen molar-refractivity contribution in [3.63, 3.8) is 0 Å². The molecule has 2 rings (SSSR count). The number of aliphatic hydroxyl groups excluding tert-OH is 1. The fourth-order valence-corrected chi connectivity index (χ4v) is 2.74. The molecule has 5 nitrogen and oxygen atoms in total. The summed E-state index contributed by atoms with van der Waals surface area (Å²) in [5.74, 6) is 0.279. The summed E-state index contributed by atoms with van der Waals surface area (Å²) in [6.07, 6.45) is 0.514. The van der Waals surface area contributed by atoms with E-state index in [1.807, 2.05) is 26.8 Å². The molecule has 1 saturated heterocycles. The molecule has 104 valence electrons. The molecule has 0 radical (unpaired) electrons. The molecule has 0 aliphatic carbocycles. The van der Waals surface area contributed by atoms with E-state index < -0.39 is 0 Å². The maximum Gasteiger partial charge on any atom is 0.126 e. The third kappa shape index (κ3) is 2.71. The number of aromatic nitrogens is 1. The van der Waals surface area contributed by atoms with Gasteiger partial charge in [0.2, 0.25) is 0 Å². The van der Waals surface area contributed by atoms with Crippen molar-refractivity contribution in [1.82, 2.24) is 4.98 Å². The van der Waals surface area contributed by atoms with E-state index in [0.717, 1.165) is 36.6 Å². The molecular formula is C14H22N4O. The highest BCUT2D eigenvalue weighted by Crippen LogP contribution is 2.28. The zero-order valence-electron chi connectivity index (χ0n) is 11.8. The fourth-order valence-electron chi connectivity index (χ4n) is 2.74. The van der Waals surface area contributed by atoms with Crippen molar-refractivity contribution < 1.29 is 5.11 Å². The number of hydrogen-bond acceptors (Lipinski definition) is 4. The maximum absolute atomic E-state index is 9.82. The van der Waals surface area contributed by atoms with Crippen molar-refractivity contribution in [2.45, 2.75) is 33.3 Å². The number of nitrogen functional groups attached to an aromatic ring is 1. The van der Waals surface area contributed by atoms with Crippen molar-refractivity contribution in [2.24, 2.45) is 11.7 Å². The molecular weight excluding hydrogens is 240 g/mol. The third-order valence-corrected chi connectivity index (χ3v) is 3.78. The lowest BCUT2D eigenvalue weighted by Crippen LogP contribution is -2.43. The molecule has 0 saturated carbocycles. The van der Waals surface area contributed by atoms with Gasteiger partial charge in [0.15, 0.2) is 0 Å². The highest BCUT2D eigenvalue weighted by molar-refractivity contribution is 6.01. The minimum absolute atomic E-state index is 0.0544. The lowest BCUT2D eigenvalue weighted by atomic mass is 9.95. The minimum atomic E-state index is -0.235. The Bertz CT molecular complexity index is 500. The molecule has 1 aliphatic rings. The zero-order chi connectivity index (χ0) is 14.2. The molecule has 2 atom stereocenters. The summed E-state index contributed by atoms with van der Waals surface area (Å²) in [4.78, 5) is 6.59. The number of aryl methyl sites for hydroxylation is 2. The molecule has 1 fully saturated rings. The second-order valence-electron chi connectivity index (χ2n) is 5.44. The molecule has 2 unspecified atom stereocenters. The second kappa shape index (κ2) is 5.17. The molecule has 5 heteroatoms. The first-order valence-electron chi connectivity index (χ1n) is 6.65. The van der Waals surface area contributed by atoms with Crippen molar-refractivity contribution in [3.8, 4) is 0 Å². The zero-order valence-corrected chi connectivity index (χ0v) is 11.8. The van der Waals surface area contributed by atoms with Crippen LogP contribution in [0.15, 0.2) is 6.07 Å². The number of hydrogen-bond donors (Lipinski definition) is 3. The lowest BCUT2D eigenvalue weighted by Gasteiger charge is -2.37. The van der Waals surface area contributed by atoms with Crippen LogP contribution in [0.5, 0.6) is 0 Å². The van der Waals surface area contributed by atoms with E-state index in [4.69, 9.17) is 11.1 Å². The smallest absolute Gasteiger partial charge is 0.126 e. The van der Waals surface area contributed by atoms with E-state index in [1.165, 1.54) is 0 Å². The predicted octanol–water partition coefficient (Wildman–Crippen LogP) is 1.19. The summed E-state index contributed by atoms with van der Waals surface area (Å²) in [5.41, 5.74) is 9.11. The van der Waals surface area contributed by atoms with Gasteiger partial charge in [-0.15, -0.1) is 0 Å². The fraction of sp³-hybridized carbons (Fsp3) is 0.571. The van der Waals surface area contributed by atoms with Crippen LogP contribution in [0.3, 0.4) is 0 Å². The summed E-state index contributed by atoms with van der Waals surface area (Å²) < 4.78 is 0. The number of anilines is 1. The number of aliphatic hydroxyl groups is 1. The second-order valence-corrected chi connectivity index (χ2v) is 5.44. The predicted molar refractivity (Wildman–Crippen MR) is 76.7 cm³/mol. The Morgan fingerprint density at radius 1 is 1.53 bits per heavy atom. The molecule has 0 spiro atoms. The van der Waals surface area contributed by atoms with Crippen molar-refractivity contribution in [2.75, 3.05) is 18.0 Å². The first kappa shape index (κ1) is 13.8. The van der Waals surface area contributed by atoms with E-state index in [2.05, 4.69) is 9.88 Å². The van der Waals surface area contributed by atoms with Gasteiger partial charge in [-0.2, -0.15) is 0 Å². The van der Waals surface area contributed by atoms with E-state index in [9.17, 15) is 5.11 Å². The summed E-state index contributed by atoms with van der Waals surface area (Å²) in [5, 5.41) is 17.6. The molecule has 1 aromatic heterocycles. The average Bonchev–Trinajstić information content (AvgIpc) is 2.31. The van der Waals surface area contributed by atoms with Crippen molar-refractivity contribution in [3.05, 3.63) is 23.0 Å². The number of amidine groups is 1. The Kier molecular flexibility index (Phi) is 3.75. The quantitative estimate of drug-likeness (QED) is 0.552. The number of pyridine rings is 1. The molecule has 1 aliphatic heterocycles. The maximum atomic E-state index is 9.82. The molecule has 0 bridgehead atoms. The van der Waals surface area contributed by atoms with E-state index in [-0.39, 0.29) is 17.9 Å². The van der Waals surface area contributed by atoms with Crippen LogP contribution >= 0.6 is 0 Å². The third-order valence-electron chi connectivity index (χ3n) is 3.78. The van der Waals surface area contributed by atoms with Crippen molar-refractivity contribution >= 4 is 11.5 Å². The van der Waals surface area contributed by atoms with Gasteiger partial charge in [-0.25, -0.2) is 0 Å². The van der Waals surface area contributed by atoms with Crippen LogP contribution in [-0.4, -0.2) is 35.1 Å². The van der Waals surface area contributed by atoms with E-state index in [1.54, 1.807) is 0 Å². The van der Waals surface area contributed by atoms with Gasteiger partial charge in [0, 0.05) is 18.8 Å². The molecule has 0 amide bonds. The van der Waals surface area contributed by atoms with Crippen LogP contribution < -0.4 is 10.6 Å². The van der Waals surface area contributed by atoms with Crippen LogP contribution in [-0.2, 0) is 0 Å². The summed E-state index contributed by atoms with van der Waals surface area (Å²) >= 11 is 0. The van der Waals surface area contributed by atoms with Gasteiger partial charge in [-0.05, 0) is 32.3 Å². The monoisotopic (exact) mass is 262 g/mol. The SMILES string of the molecule is Cc1cc(N2CCC(O)C(C)C2)c(C(=N)N)c(C)n1. The Morgan fingerprint density at radius 2 is 2.21 bits per heavy atom. The number of rotatable bonds is 2. The van der Waals surface area contributed by atoms with Gasteiger partial charge in [-0.1, -0.05) is 6.92 Å². The van der Waals surface area contributed by atoms with Gasteiger partial charge in [-0.3, -0.25) is 10.4 Å². The van der Waals surface area contributed by atoms with Gasteiger partial charge in [0.05, 0.1) is 23.0 Å². The van der Waals surface area contributed by atoms with Crippen LogP contribution in [0.2, 0.25) is 0 Å². The lowest BCUT2D eigenvalue weighted by molar-refractivity contribution is 0.0971. The highest BCUT2D eigenvalue weighted by atomic mass is 16.3. The van der Waals surface area contributed by atoms with Gasteiger partial charge >= 0.3 is 0 Å². The van der Waals surface area contributed by atoms with Crippen molar-refractivity contribution in [1.29, 1.82) is 5.41 Å². The van der Waals surface area contributed by atoms with Crippen LogP contribution in [0.1, 0.15) is 30.3 Å². The number of nitrogens with one attached hydrogen (secondary N) is 1. The summed E-state index contributed by atoms with van der Waals surface area (Å²) in [7, 11) is 0. The van der Waals surface area contributed by atoms with Crippen LogP contribution in [0.25, 0.3) is 0 Å². The van der Waals surface area contributed by atoms with Gasteiger partial charge < -0.3 is 15.7 Å². The number of nitrogens with two attached hydrogens (primary N) is 1. The van der Waals surface area contributed by atoms with E-state index >= 15 is 0 Å². The average molecular weight is 262 g/mol. The summed E-state index contributed by atoms with van der Waals surface area (Å²) in [6.45, 7) is 7.45. The molecule has 2 heterocycles. The Balaban J connectivity index is 2.41. The Morgan fingerprint density at radius 3 is 2.79 bits per heavy atom. The largest absolute Gasteiger partial charge is 0.393 e. The van der Waals surface area contributed by atoms with Gasteiger partial charge in [0.25, 0.3) is 0 Å². The minimum Gasteiger partial charge on any atom is -0.393 e. The Hall–Kier alpha value is -1.62. The number of nitrogens with zero attached hydrogens (tertiary/aromatic N) is 2. The topological polar surface area (TPSA) is 86.2 Å². The molecule has 0 aromatic carbocycles. The first-order valence-corrected chi connectivity index (χ1v) is 6.65. The van der Waals surface area contributed by atoms with Crippen LogP contribution in [0, 0.1) is 25.2 Å². The molecule has 19 heavy (non-hydrogen) atoms. The summed E-state index contributed by atoms with van der Waals surface area (Å²) in [6, 6.07) is 1.98. The number of piperidine rings is 1. The molecule has 1 aromatic rings. The molecule has 4 N–H and O–H groups in total. The standard InChI is InChI=1S/C14H22N4O/c1-8-7-18(5-4-12(8)19)11-6-9(2)17-10(3)13(11)14(15)16/h6,8,12,19H,4-5,7H2,1-3H3,(H3,15,16). The van der Waals surface area contributed by atoms with Gasteiger partial charge in [0.1, 0.15) is 5.84 Å².